The number of halogens is 6. The van der Waals surface area contributed by atoms with Crippen LogP contribution in [0.3, 0.4) is 0 Å². The topological polar surface area (TPSA) is 3.24 Å². The zero-order valence-electron chi connectivity index (χ0n) is 9.28. The number of rotatable bonds is 5. The van der Waals surface area contributed by atoms with E-state index < -0.39 is 30.9 Å². The van der Waals surface area contributed by atoms with Gasteiger partial charge in [-0.1, -0.05) is 6.07 Å². The van der Waals surface area contributed by atoms with Crippen LogP contribution >= 0.6 is 11.6 Å². The van der Waals surface area contributed by atoms with Crippen LogP contribution in [0.25, 0.3) is 0 Å². The monoisotopic (exact) mass is 287 g/mol. The molecule has 0 saturated carbocycles. The summed E-state index contributed by atoms with van der Waals surface area (Å²) in [6, 6.07) is 3.17. The molecule has 0 fully saturated rings. The molecule has 0 unspecified atom stereocenters. The van der Waals surface area contributed by atoms with E-state index in [1.165, 1.54) is 0 Å². The second-order valence-corrected chi connectivity index (χ2v) is 4.09. The molecule has 18 heavy (non-hydrogen) atoms. The Hall–Kier alpha value is -0.880. The van der Waals surface area contributed by atoms with Crippen LogP contribution in [0.5, 0.6) is 0 Å². The van der Waals surface area contributed by atoms with Gasteiger partial charge in [-0.25, -0.2) is 8.78 Å². The summed E-state index contributed by atoms with van der Waals surface area (Å²) >= 11 is 5.37. The summed E-state index contributed by atoms with van der Waals surface area (Å²) in [4.78, 5) is 0.856. The van der Waals surface area contributed by atoms with Gasteiger partial charge >= 0.3 is 6.18 Å². The van der Waals surface area contributed by atoms with Crippen molar-refractivity contribution in [2.24, 2.45) is 0 Å². The Morgan fingerprint density at radius 3 is 2.11 bits per heavy atom. The predicted octanol–water partition coefficient (Wildman–Crippen LogP) is 3.57. The Balaban J connectivity index is 2.83. The summed E-state index contributed by atoms with van der Waals surface area (Å²) in [7, 11) is 0. The molecular formula is C11H11ClF5N. The van der Waals surface area contributed by atoms with E-state index in [0.717, 1.165) is 23.1 Å². The molecule has 0 heterocycles. The van der Waals surface area contributed by atoms with Gasteiger partial charge in [0.15, 0.2) is 0 Å². The van der Waals surface area contributed by atoms with Crippen molar-refractivity contribution in [2.45, 2.75) is 12.7 Å². The molecule has 0 saturated heterocycles. The predicted molar refractivity (Wildman–Crippen MR) is 58.4 cm³/mol. The third kappa shape index (κ3) is 4.78. The maximum absolute atomic E-state index is 13.3. The molecule has 1 aromatic carbocycles. The van der Waals surface area contributed by atoms with Crippen LogP contribution in [-0.2, 0) is 6.54 Å². The molecular weight excluding hydrogens is 277 g/mol. The van der Waals surface area contributed by atoms with Gasteiger partial charge in [-0.15, -0.1) is 11.6 Å². The second-order valence-electron chi connectivity index (χ2n) is 3.72. The van der Waals surface area contributed by atoms with Crippen molar-refractivity contribution in [1.82, 2.24) is 4.90 Å². The van der Waals surface area contributed by atoms with Gasteiger partial charge in [-0.05, 0) is 12.1 Å². The van der Waals surface area contributed by atoms with Gasteiger partial charge in [0, 0.05) is 24.5 Å². The lowest BCUT2D eigenvalue weighted by Crippen LogP contribution is -2.35. The first-order valence-corrected chi connectivity index (χ1v) is 5.65. The van der Waals surface area contributed by atoms with E-state index in [2.05, 4.69) is 0 Å². The van der Waals surface area contributed by atoms with E-state index in [-0.39, 0.29) is 18.0 Å². The van der Waals surface area contributed by atoms with E-state index >= 15 is 0 Å². The maximum Gasteiger partial charge on any atom is 0.401 e. The number of alkyl halides is 4. The zero-order chi connectivity index (χ0) is 13.8. The molecule has 0 aliphatic carbocycles. The average Bonchev–Trinajstić information content (AvgIpc) is 2.21. The van der Waals surface area contributed by atoms with Gasteiger partial charge in [-0.2, -0.15) is 13.2 Å². The highest BCUT2D eigenvalue weighted by Gasteiger charge is 2.31. The lowest BCUT2D eigenvalue weighted by atomic mass is 10.2. The molecule has 0 atom stereocenters. The first-order valence-electron chi connectivity index (χ1n) is 5.11. The zero-order valence-corrected chi connectivity index (χ0v) is 10.0. The molecule has 0 aliphatic heterocycles. The van der Waals surface area contributed by atoms with E-state index in [1.54, 1.807) is 0 Å². The largest absolute Gasteiger partial charge is 0.401 e. The quantitative estimate of drug-likeness (QED) is 0.591. The third-order valence-electron chi connectivity index (χ3n) is 2.25. The fraction of sp³-hybridized carbons (Fsp3) is 0.455. The van der Waals surface area contributed by atoms with Crippen molar-refractivity contribution in [3.8, 4) is 0 Å². The standard InChI is InChI=1S/C11H11ClF5N/c12-4-5-18(7-11(15,16)17)6-8-9(13)2-1-3-10(8)14/h1-3H,4-7H2. The smallest absolute Gasteiger partial charge is 0.289 e. The molecule has 0 spiro atoms. The van der Waals surface area contributed by atoms with Crippen molar-refractivity contribution in [2.75, 3.05) is 19.0 Å². The molecule has 7 heteroatoms. The second kappa shape index (κ2) is 6.33. The molecule has 0 bridgehead atoms. The van der Waals surface area contributed by atoms with Crippen LogP contribution in [0.4, 0.5) is 22.0 Å². The van der Waals surface area contributed by atoms with Crippen molar-refractivity contribution in [3.05, 3.63) is 35.4 Å². The minimum atomic E-state index is -4.44. The van der Waals surface area contributed by atoms with Crippen LogP contribution in [0.2, 0.25) is 0 Å². The lowest BCUT2D eigenvalue weighted by molar-refractivity contribution is -0.146. The molecule has 0 aliphatic rings. The van der Waals surface area contributed by atoms with E-state index in [9.17, 15) is 22.0 Å². The Kier molecular flexibility index (Phi) is 5.34. The fourth-order valence-corrected chi connectivity index (χ4v) is 1.73. The first kappa shape index (κ1) is 15.2. The van der Waals surface area contributed by atoms with Gasteiger partial charge < -0.3 is 0 Å². The van der Waals surface area contributed by atoms with Gasteiger partial charge in [0.25, 0.3) is 0 Å². The van der Waals surface area contributed by atoms with Crippen LogP contribution in [0.15, 0.2) is 18.2 Å². The summed E-state index contributed by atoms with van der Waals surface area (Å²) in [6.07, 6.45) is -4.44. The van der Waals surface area contributed by atoms with Crippen molar-refractivity contribution in [1.29, 1.82) is 0 Å². The summed E-state index contributed by atoms with van der Waals surface area (Å²) in [6.45, 7) is -1.83. The average molecular weight is 288 g/mol. The molecule has 0 radical (unpaired) electrons. The van der Waals surface area contributed by atoms with Gasteiger partial charge in [-0.3, -0.25) is 4.90 Å². The minimum absolute atomic E-state index is 0.0495. The Morgan fingerprint density at radius 1 is 1.11 bits per heavy atom. The molecule has 0 aromatic heterocycles. The normalized spacial score (nSPS) is 12.2. The maximum atomic E-state index is 13.3. The summed E-state index contributed by atoms with van der Waals surface area (Å²) < 4.78 is 63.4. The minimum Gasteiger partial charge on any atom is -0.289 e. The number of nitrogens with zero attached hydrogens (tertiary/aromatic N) is 1. The molecule has 1 aromatic rings. The van der Waals surface area contributed by atoms with E-state index in [4.69, 9.17) is 11.6 Å². The molecule has 1 rings (SSSR count). The third-order valence-corrected chi connectivity index (χ3v) is 2.42. The number of benzene rings is 1. The fourth-order valence-electron chi connectivity index (χ4n) is 1.49. The molecule has 0 amide bonds. The SMILES string of the molecule is Fc1cccc(F)c1CN(CCCl)CC(F)(F)F. The van der Waals surface area contributed by atoms with Crippen molar-refractivity contribution >= 4 is 11.6 Å². The van der Waals surface area contributed by atoms with Crippen molar-refractivity contribution in [3.63, 3.8) is 0 Å². The summed E-state index contributed by atoms with van der Waals surface area (Å²) in [5.41, 5.74) is -0.383. The molecule has 0 N–H and O–H groups in total. The number of hydrogen-bond acceptors (Lipinski definition) is 1. The van der Waals surface area contributed by atoms with Gasteiger partial charge in [0.05, 0.1) is 6.54 Å². The molecule has 1 nitrogen and oxygen atoms in total. The summed E-state index contributed by atoms with van der Waals surface area (Å²) in [5.74, 6) is -1.78. The highest BCUT2D eigenvalue weighted by atomic mass is 35.5. The highest BCUT2D eigenvalue weighted by Crippen LogP contribution is 2.20. The first-order chi connectivity index (χ1) is 8.33. The molecule has 102 valence electrons. The van der Waals surface area contributed by atoms with Crippen LogP contribution in [0.1, 0.15) is 5.56 Å². The van der Waals surface area contributed by atoms with Crippen LogP contribution in [-0.4, -0.2) is 30.0 Å². The van der Waals surface area contributed by atoms with Crippen molar-refractivity contribution < 1.29 is 22.0 Å². The Bertz CT molecular complexity index is 373. The Labute approximate surface area is 106 Å². The van der Waals surface area contributed by atoms with Crippen LogP contribution < -0.4 is 0 Å². The Morgan fingerprint density at radius 2 is 1.67 bits per heavy atom. The van der Waals surface area contributed by atoms with Gasteiger partial charge in [0.2, 0.25) is 0 Å². The number of hydrogen-bond donors (Lipinski definition) is 0. The highest BCUT2D eigenvalue weighted by molar-refractivity contribution is 6.18. The lowest BCUT2D eigenvalue weighted by Gasteiger charge is -2.23. The van der Waals surface area contributed by atoms with Crippen LogP contribution in [0, 0.1) is 11.6 Å². The summed E-state index contributed by atoms with van der Waals surface area (Å²) in [5, 5.41) is 0. The van der Waals surface area contributed by atoms with E-state index in [0.29, 0.717) is 0 Å². The van der Waals surface area contributed by atoms with E-state index in [1.807, 2.05) is 0 Å². The van der Waals surface area contributed by atoms with Gasteiger partial charge in [0.1, 0.15) is 11.6 Å².